The highest BCUT2D eigenvalue weighted by Crippen LogP contribution is 2.28. The first-order chi connectivity index (χ1) is 13.6. The molecule has 0 aliphatic carbocycles. The van der Waals surface area contributed by atoms with Gasteiger partial charge < -0.3 is 5.32 Å². The smallest absolute Gasteiger partial charge is 0.263 e. The highest BCUT2D eigenvalue weighted by Gasteiger charge is 2.18. The fraction of sp³-hybridized carbons (Fsp3) is 0.304. The molecule has 0 saturated heterocycles. The van der Waals surface area contributed by atoms with E-state index in [4.69, 9.17) is 0 Å². The summed E-state index contributed by atoms with van der Waals surface area (Å²) in [5.74, 6) is -0.0675. The SMILES string of the molecule is CCN(CC)Cc1ccccc1CNC(=O)c1sc(C)nc1-c1ccccc1. The van der Waals surface area contributed by atoms with Gasteiger partial charge >= 0.3 is 0 Å². The first kappa shape index (κ1) is 20.2. The van der Waals surface area contributed by atoms with E-state index < -0.39 is 0 Å². The third-order valence-electron chi connectivity index (χ3n) is 4.83. The van der Waals surface area contributed by atoms with Crippen molar-refractivity contribution in [1.82, 2.24) is 15.2 Å². The average molecular weight is 394 g/mol. The monoisotopic (exact) mass is 393 g/mol. The van der Waals surface area contributed by atoms with Crippen molar-refractivity contribution in [3.8, 4) is 11.3 Å². The van der Waals surface area contributed by atoms with Crippen LogP contribution in [0.2, 0.25) is 0 Å². The predicted octanol–water partition coefficient (Wildman–Crippen LogP) is 4.89. The van der Waals surface area contributed by atoms with Crippen LogP contribution in [0.4, 0.5) is 0 Å². The number of rotatable bonds is 8. The molecule has 0 atom stereocenters. The second kappa shape index (κ2) is 9.62. The van der Waals surface area contributed by atoms with Crippen LogP contribution in [-0.4, -0.2) is 28.9 Å². The van der Waals surface area contributed by atoms with Gasteiger partial charge in [0.2, 0.25) is 0 Å². The number of benzene rings is 2. The van der Waals surface area contributed by atoms with Gasteiger partial charge in [-0.3, -0.25) is 9.69 Å². The summed E-state index contributed by atoms with van der Waals surface area (Å²) < 4.78 is 0. The summed E-state index contributed by atoms with van der Waals surface area (Å²) in [7, 11) is 0. The summed E-state index contributed by atoms with van der Waals surface area (Å²) in [6.07, 6.45) is 0. The number of hydrogen-bond acceptors (Lipinski definition) is 4. The number of nitrogens with one attached hydrogen (secondary N) is 1. The second-order valence-electron chi connectivity index (χ2n) is 6.69. The summed E-state index contributed by atoms with van der Waals surface area (Å²) in [6.45, 7) is 9.72. The zero-order chi connectivity index (χ0) is 19.9. The van der Waals surface area contributed by atoms with Gasteiger partial charge in [-0.25, -0.2) is 4.98 Å². The van der Waals surface area contributed by atoms with Crippen LogP contribution in [0, 0.1) is 6.92 Å². The minimum Gasteiger partial charge on any atom is -0.347 e. The minimum atomic E-state index is -0.0675. The molecular weight excluding hydrogens is 366 g/mol. The molecule has 0 unspecified atom stereocenters. The molecule has 4 nitrogen and oxygen atoms in total. The molecule has 3 aromatic rings. The van der Waals surface area contributed by atoms with Gasteiger partial charge in [0.05, 0.1) is 10.7 Å². The lowest BCUT2D eigenvalue weighted by Gasteiger charge is -2.20. The van der Waals surface area contributed by atoms with Gasteiger partial charge in [0.25, 0.3) is 5.91 Å². The number of amides is 1. The van der Waals surface area contributed by atoms with Gasteiger partial charge in [-0.2, -0.15) is 0 Å². The van der Waals surface area contributed by atoms with E-state index in [0.29, 0.717) is 11.4 Å². The molecule has 146 valence electrons. The van der Waals surface area contributed by atoms with E-state index in [1.165, 1.54) is 16.9 Å². The Kier molecular flexibility index (Phi) is 6.95. The number of hydrogen-bond donors (Lipinski definition) is 1. The summed E-state index contributed by atoms with van der Waals surface area (Å²) in [4.78, 5) is 20.6. The Morgan fingerprint density at radius 1 is 1.00 bits per heavy atom. The molecule has 1 N–H and O–H groups in total. The van der Waals surface area contributed by atoms with Crippen LogP contribution in [0.1, 0.15) is 39.7 Å². The Balaban J connectivity index is 1.76. The number of carbonyl (C=O) groups excluding carboxylic acids is 1. The molecule has 0 saturated carbocycles. The maximum Gasteiger partial charge on any atom is 0.263 e. The fourth-order valence-electron chi connectivity index (χ4n) is 3.20. The van der Waals surface area contributed by atoms with E-state index in [2.05, 4.69) is 47.2 Å². The van der Waals surface area contributed by atoms with Crippen molar-refractivity contribution in [2.24, 2.45) is 0 Å². The van der Waals surface area contributed by atoms with E-state index in [-0.39, 0.29) is 5.91 Å². The minimum absolute atomic E-state index is 0.0675. The highest BCUT2D eigenvalue weighted by atomic mass is 32.1. The molecule has 0 spiro atoms. The Morgan fingerprint density at radius 3 is 2.32 bits per heavy atom. The van der Waals surface area contributed by atoms with Gasteiger partial charge in [0, 0.05) is 18.7 Å². The van der Waals surface area contributed by atoms with Gasteiger partial charge in [-0.05, 0) is 31.1 Å². The third kappa shape index (κ3) is 4.86. The van der Waals surface area contributed by atoms with Crippen molar-refractivity contribution in [2.75, 3.05) is 13.1 Å². The van der Waals surface area contributed by atoms with Crippen LogP contribution in [0.25, 0.3) is 11.3 Å². The molecule has 0 bridgehead atoms. The molecule has 1 amide bonds. The molecule has 5 heteroatoms. The van der Waals surface area contributed by atoms with Gasteiger partial charge in [0.15, 0.2) is 0 Å². The van der Waals surface area contributed by atoms with E-state index in [0.717, 1.165) is 41.5 Å². The average Bonchev–Trinajstić information content (AvgIpc) is 3.13. The fourth-order valence-corrected chi connectivity index (χ4v) is 4.06. The van der Waals surface area contributed by atoms with E-state index in [1.807, 2.05) is 43.3 Å². The van der Waals surface area contributed by atoms with Crippen LogP contribution < -0.4 is 5.32 Å². The molecule has 2 aromatic carbocycles. The Morgan fingerprint density at radius 2 is 1.64 bits per heavy atom. The topological polar surface area (TPSA) is 45.2 Å². The zero-order valence-electron chi connectivity index (χ0n) is 16.7. The standard InChI is InChI=1S/C23H27N3OS/c1-4-26(5-2)16-20-14-10-9-13-19(20)15-24-23(27)22-21(25-17(3)28-22)18-11-7-6-8-12-18/h6-14H,4-5,15-16H2,1-3H3,(H,24,27). The Hall–Kier alpha value is -2.50. The van der Waals surface area contributed by atoms with Gasteiger partial charge in [-0.1, -0.05) is 68.4 Å². The molecule has 0 radical (unpaired) electrons. The van der Waals surface area contributed by atoms with Crippen molar-refractivity contribution in [2.45, 2.75) is 33.9 Å². The molecular formula is C23H27N3OS. The lowest BCUT2D eigenvalue weighted by molar-refractivity contribution is 0.0955. The molecule has 28 heavy (non-hydrogen) atoms. The zero-order valence-corrected chi connectivity index (χ0v) is 17.6. The van der Waals surface area contributed by atoms with Gasteiger partial charge in [-0.15, -0.1) is 11.3 Å². The number of nitrogens with zero attached hydrogens (tertiary/aromatic N) is 2. The molecule has 3 rings (SSSR count). The van der Waals surface area contributed by atoms with E-state index >= 15 is 0 Å². The van der Waals surface area contributed by atoms with Gasteiger partial charge in [0.1, 0.15) is 4.88 Å². The molecule has 0 aliphatic heterocycles. The summed E-state index contributed by atoms with van der Waals surface area (Å²) in [6, 6.07) is 18.2. The van der Waals surface area contributed by atoms with Crippen molar-refractivity contribution >= 4 is 17.2 Å². The summed E-state index contributed by atoms with van der Waals surface area (Å²) in [5, 5.41) is 4.00. The first-order valence-corrected chi connectivity index (χ1v) is 10.5. The predicted molar refractivity (Wildman–Crippen MR) is 117 cm³/mol. The van der Waals surface area contributed by atoms with Crippen LogP contribution >= 0.6 is 11.3 Å². The quantitative estimate of drug-likeness (QED) is 0.593. The molecule has 1 aromatic heterocycles. The van der Waals surface area contributed by atoms with E-state index in [1.54, 1.807) is 0 Å². The van der Waals surface area contributed by atoms with Crippen LogP contribution in [-0.2, 0) is 13.1 Å². The highest BCUT2D eigenvalue weighted by molar-refractivity contribution is 7.14. The third-order valence-corrected chi connectivity index (χ3v) is 5.80. The molecule has 0 aliphatic rings. The Labute approximate surface area is 171 Å². The number of aromatic nitrogens is 1. The first-order valence-electron chi connectivity index (χ1n) is 9.72. The maximum atomic E-state index is 12.9. The number of carbonyl (C=O) groups is 1. The lowest BCUT2D eigenvalue weighted by Crippen LogP contribution is -2.26. The largest absolute Gasteiger partial charge is 0.347 e. The summed E-state index contributed by atoms with van der Waals surface area (Å²) >= 11 is 1.44. The second-order valence-corrected chi connectivity index (χ2v) is 7.89. The van der Waals surface area contributed by atoms with Crippen LogP contribution in [0.5, 0.6) is 0 Å². The van der Waals surface area contributed by atoms with Crippen LogP contribution in [0.3, 0.4) is 0 Å². The van der Waals surface area contributed by atoms with Crippen molar-refractivity contribution in [3.05, 3.63) is 75.6 Å². The van der Waals surface area contributed by atoms with E-state index in [9.17, 15) is 4.79 Å². The Bertz CT molecular complexity index is 917. The van der Waals surface area contributed by atoms with Crippen molar-refractivity contribution in [3.63, 3.8) is 0 Å². The van der Waals surface area contributed by atoms with Crippen molar-refractivity contribution in [1.29, 1.82) is 0 Å². The summed E-state index contributed by atoms with van der Waals surface area (Å²) in [5.41, 5.74) is 4.15. The van der Waals surface area contributed by atoms with Crippen LogP contribution in [0.15, 0.2) is 54.6 Å². The number of thiazole rings is 1. The lowest BCUT2D eigenvalue weighted by atomic mass is 10.1. The van der Waals surface area contributed by atoms with Crippen molar-refractivity contribution < 1.29 is 4.79 Å². The number of aryl methyl sites for hydroxylation is 1. The molecule has 1 heterocycles. The maximum absolute atomic E-state index is 12.9. The molecule has 0 fully saturated rings. The normalized spacial score (nSPS) is 11.0.